The molecule has 2 atom stereocenters. The zero-order valence-electron chi connectivity index (χ0n) is 12.7. The molecule has 1 N–H and O–H groups in total. The van der Waals surface area contributed by atoms with Gasteiger partial charge in [0.15, 0.2) is 11.6 Å². The summed E-state index contributed by atoms with van der Waals surface area (Å²) < 4.78 is 40.6. The average Bonchev–Trinajstić information content (AvgIpc) is 2.92. The van der Waals surface area contributed by atoms with Gasteiger partial charge in [0, 0.05) is 24.7 Å². The molecular weight excluding hydrogens is 317 g/mol. The van der Waals surface area contributed by atoms with Crippen LogP contribution >= 0.6 is 0 Å². The van der Waals surface area contributed by atoms with Crippen LogP contribution in [-0.4, -0.2) is 22.7 Å². The van der Waals surface area contributed by atoms with Gasteiger partial charge < -0.3 is 5.11 Å². The molecule has 0 amide bonds. The maximum absolute atomic E-state index is 14.0. The van der Waals surface area contributed by atoms with Gasteiger partial charge in [0.25, 0.3) is 0 Å². The average molecular weight is 332 g/mol. The molecule has 0 spiro atoms. The van der Waals surface area contributed by atoms with Crippen LogP contribution in [0.15, 0.2) is 36.4 Å². The van der Waals surface area contributed by atoms with E-state index in [0.717, 1.165) is 12.1 Å². The third-order valence-corrected chi connectivity index (χ3v) is 4.26. The number of aliphatic hydroxyl groups excluding tert-OH is 1. The summed E-state index contributed by atoms with van der Waals surface area (Å²) >= 11 is 0. The molecule has 1 aliphatic heterocycles. The minimum Gasteiger partial charge on any atom is -0.392 e. The number of aliphatic hydroxyl groups is 1. The number of rotatable bonds is 3. The predicted octanol–water partition coefficient (Wildman–Crippen LogP) is 3.28. The van der Waals surface area contributed by atoms with Crippen molar-refractivity contribution in [1.29, 1.82) is 5.26 Å². The van der Waals surface area contributed by atoms with Gasteiger partial charge in [-0.05, 0) is 42.3 Å². The lowest BCUT2D eigenvalue weighted by molar-refractivity contribution is 0.172. The van der Waals surface area contributed by atoms with Gasteiger partial charge in [0.1, 0.15) is 5.82 Å². The maximum Gasteiger partial charge on any atom is 0.159 e. The fourth-order valence-electron chi connectivity index (χ4n) is 3.10. The minimum absolute atomic E-state index is 0.169. The summed E-state index contributed by atoms with van der Waals surface area (Å²) in [5, 5.41) is 18.9. The highest BCUT2D eigenvalue weighted by atomic mass is 19.2. The second kappa shape index (κ2) is 6.63. The van der Waals surface area contributed by atoms with E-state index in [4.69, 9.17) is 5.26 Å². The van der Waals surface area contributed by atoms with Crippen LogP contribution in [0.3, 0.4) is 0 Å². The Hall–Kier alpha value is -2.36. The molecule has 3 rings (SSSR count). The fourth-order valence-corrected chi connectivity index (χ4v) is 3.10. The molecule has 0 radical (unpaired) electrons. The summed E-state index contributed by atoms with van der Waals surface area (Å²) in [6, 6.07) is 9.31. The third-order valence-electron chi connectivity index (χ3n) is 4.26. The Balaban J connectivity index is 1.88. The molecule has 124 valence electrons. The molecule has 1 fully saturated rings. The van der Waals surface area contributed by atoms with Crippen LogP contribution in [0.1, 0.15) is 29.2 Å². The number of likely N-dealkylation sites (tertiary alicyclic amines) is 1. The molecule has 24 heavy (non-hydrogen) atoms. The van der Waals surface area contributed by atoms with E-state index < -0.39 is 23.6 Å². The van der Waals surface area contributed by atoms with Gasteiger partial charge in [-0.2, -0.15) is 5.26 Å². The van der Waals surface area contributed by atoms with E-state index in [9.17, 15) is 18.3 Å². The molecule has 0 aliphatic carbocycles. The van der Waals surface area contributed by atoms with Crippen molar-refractivity contribution in [3.63, 3.8) is 0 Å². The molecule has 3 nitrogen and oxygen atoms in total. The van der Waals surface area contributed by atoms with Gasteiger partial charge in [-0.25, -0.2) is 13.2 Å². The van der Waals surface area contributed by atoms with Crippen LogP contribution in [0.2, 0.25) is 0 Å². The number of benzene rings is 2. The number of β-amino-alcohol motifs (C(OH)–C–C–N with tert-alkyl or cyclic N) is 1. The molecule has 6 heteroatoms. The number of nitriles is 1. The van der Waals surface area contributed by atoms with E-state index in [1.165, 1.54) is 24.3 Å². The van der Waals surface area contributed by atoms with Gasteiger partial charge in [0.2, 0.25) is 0 Å². The molecule has 1 heterocycles. The van der Waals surface area contributed by atoms with Crippen molar-refractivity contribution >= 4 is 0 Å². The Labute approximate surface area is 137 Å². The molecule has 0 saturated carbocycles. The largest absolute Gasteiger partial charge is 0.392 e. The molecular formula is C18H15F3N2O. The highest BCUT2D eigenvalue weighted by Crippen LogP contribution is 2.34. The summed E-state index contributed by atoms with van der Waals surface area (Å²) in [5.41, 5.74) is 1.20. The van der Waals surface area contributed by atoms with Crippen LogP contribution in [0, 0.1) is 28.8 Å². The fraction of sp³-hybridized carbons (Fsp3) is 0.278. The summed E-state index contributed by atoms with van der Waals surface area (Å²) in [4.78, 5) is 1.80. The van der Waals surface area contributed by atoms with Gasteiger partial charge in [-0.3, -0.25) is 4.90 Å². The molecule has 0 unspecified atom stereocenters. The first-order valence-electron chi connectivity index (χ1n) is 7.53. The summed E-state index contributed by atoms with van der Waals surface area (Å²) in [7, 11) is 0. The summed E-state index contributed by atoms with van der Waals surface area (Å²) in [6.07, 6.45) is -0.282. The van der Waals surface area contributed by atoms with E-state index in [1.807, 2.05) is 6.07 Å². The first kappa shape index (κ1) is 16.5. The number of nitrogens with zero attached hydrogens (tertiary/aromatic N) is 2. The third kappa shape index (κ3) is 3.28. The topological polar surface area (TPSA) is 47.3 Å². The minimum atomic E-state index is -0.952. The van der Waals surface area contributed by atoms with Crippen molar-refractivity contribution in [2.24, 2.45) is 0 Å². The zero-order valence-corrected chi connectivity index (χ0v) is 12.7. The molecule has 1 aliphatic rings. The number of hydrogen-bond acceptors (Lipinski definition) is 3. The Morgan fingerprint density at radius 1 is 1.08 bits per heavy atom. The SMILES string of the molecule is N#Cc1ccc(F)c(CN2C[C@@H](O)C[C@@H]2c2ccc(F)c(F)c2)c1. The number of halogens is 3. The van der Waals surface area contributed by atoms with Crippen LogP contribution in [0.5, 0.6) is 0 Å². The van der Waals surface area contributed by atoms with Gasteiger partial charge in [-0.1, -0.05) is 6.07 Å². The Kier molecular flexibility index (Phi) is 4.56. The van der Waals surface area contributed by atoms with Crippen molar-refractivity contribution in [2.75, 3.05) is 6.54 Å². The normalized spacial score (nSPS) is 21.0. The Morgan fingerprint density at radius 3 is 2.54 bits per heavy atom. The highest BCUT2D eigenvalue weighted by molar-refractivity contribution is 5.34. The van der Waals surface area contributed by atoms with E-state index >= 15 is 0 Å². The quantitative estimate of drug-likeness (QED) is 0.938. The Bertz CT molecular complexity index is 803. The van der Waals surface area contributed by atoms with Gasteiger partial charge >= 0.3 is 0 Å². The van der Waals surface area contributed by atoms with E-state index in [-0.39, 0.29) is 12.6 Å². The molecule has 0 aromatic heterocycles. The van der Waals surface area contributed by atoms with Gasteiger partial charge in [0.05, 0.1) is 17.7 Å². The summed E-state index contributed by atoms with van der Waals surface area (Å²) in [5.74, 6) is -2.33. The standard InChI is InChI=1S/C18H15F3N2O/c19-15-3-1-11(8-22)5-13(15)9-23-10-14(24)7-18(23)12-2-4-16(20)17(21)6-12/h1-6,14,18,24H,7,9-10H2/t14-,18+/m0/s1. The van der Waals surface area contributed by atoms with E-state index in [1.54, 1.807) is 4.90 Å². The monoisotopic (exact) mass is 332 g/mol. The lowest BCUT2D eigenvalue weighted by Crippen LogP contribution is -2.25. The van der Waals surface area contributed by atoms with Crippen molar-refractivity contribution in [3.05, 3.63) is 70.5 Å². The van der Waals surface area contributed by atoms with Crippen LogP contribution in [-0.2, 0) is 6.54 Å². The molecule has 1 saturated heterocycles. The van der Waals surface area contributed by atoms with Crippen LogP contribution < -0.4 is 0 Å². The van der Waals surface area contributed by atoms with Crippen LogP contribution in [0.4, 0.5) is 13.2 Å². The lowest BCUT2D eigenvalue weighted by Gasteiger charge is -2.25. The second-order valence-electron chi connectivity index (χ2n) is 5.93. The van der Waals surface area contributed by atoms with Crippen LogP contribution in [0.25, 0.3) is 0 Å². The predicted molar refractivity (Wildman–Crippen MR) is 81.2 cm³/mol. The summed E-state index contributed by atoms with van der Waals surface area (Å²) in [6.45, 7) is 0.460. The lowest BCUT2D eigenvalue weighted by atomic mass is 10.0. The first-order chi connectivity index (χ1) is 11.5. The zero-order chi connectivity index (χ0) is 17.3. The van der Waals surface area contributed by atoms with E-state index in [2.05, 4.69) is 0 Å². The highest BCUT2D eigenvalue weighted by Gasteiger charge is 2.32. The smallest absolute Gasteiger partial charge is 0.159 e. The Morgan fingerprint density at radius 2 is 1.83 bits per heavy atom. The van der Waals surface area contributed by atoms with Crippen molar-refractivity contribution < 1.29 is 18.3 Å². The molecule has 2 aromatic rings. The van der Waals surface area contributed by atoms with Crippen molar-refractivity contribution in [1.82, 2.24) is 4.90 Å². The number of hydrogen-bond donors (Lipinski definition) is 1. The second-order valence-corrected chi connectivity index (χ2v) is 5.93. The molecule has 0 bridgehead atoms. The molecule has 2 aromatic carbocycles. The van der Waals surface area contributed by atoms with Crippen molar-refractivity contribution in [3.8, 4) is 6.07 Å². The maximum atomic E-state index is 14.0. The van der Waals surface area contributed by atoms with E-state index in [0.29, 0.717) is 29.7 Å². The first-order valence-corrected chi connectivity index (χ1v) is 7.53. The van der Waals surface area contributed by atoms with Gasteiger partial charge in [-0.15, -0.1) is 0 Å². The van der Waals surface area contributed by atoms with Crippen molar-refractivity contribution in [2.45, 2.75) is 25.1 Å².